The van der Waals surface area contributed by atoms with Crippen molar-refractivity contribution in [3.63, 3.8) is 0 Å². The lowest BCUT2D eigenvalue weighted by Gasteiger charge is -2.02. The first-order chi connectivity index (χ1) is 7.18. The zero-order valence-electron chi connectivity index (χ0n) is 7.74. The first-order valence-electron chi connectivity index (χ1n) is 4.30. The molecular weight excluding hydrogens is 274 g/mol. The second-order valence-electron chi connectivity index (χ2n) is 3.08. The summed E-state index contributed by atoms with van der Waals surface area (Å²) < 4.78 is 0.735. The van der Waals surface area contributed by atoms with E-state index in [2.05, 4.69) is 15.9 Å². The molecule has 0 aliphatic carbocycles. The fourth-order valence-corrected chi connectivity index (χ4v) is 2.48. The van der Waals surface area contributed by atoms with Crippen LogP contribution < -0.4 is 5.73 Å². The number of thiophene rings is 1. The van der Waals surface area contributed by atoms with Gasteiger partial charge in [-0.15, -0.1) is 0 Å². The highest BCUT2D eigenvalue weighted by molar-refractivity contribution is 9.10. The lowest BCUT2D eigenvalue weighted by Crippen LogP contribution is -2.01. The zero-order valence-corrected chi connectivity index (χ0v) is 10.1. The molecule has 0 saturated heterocycles. The number of hydrogen-bond acceptors (Lipinski definition) is 3. The maximum atomic E-state index is 12.0. The van der Waals surface area contributed by atoms with Gasteiger partial charge in [-0.1, -0.05) is 0 Å². The predicted octanol–water partition coefficient (Wildman–Crippen LogP) is 3.32. The summed E-state index contributed by atoms with van der Waals surface area (Å²) in [7, 11) is 0. The average Bonchev–Trinajstić information content (AvgIpc) is 2.69. The minimum atomic E-state index is 0.0168. The Morgan fingerprint density at radius 2 is 2.13 bits per heavy atom. The number of carbonyl (C=O) groups excluding carboxylic acids is 1. The third-order valence-electron chi connectivity index (χ3n) is 2.02. The number of halogens is 1. The number of nitrogen functional groups attached to an aromatic ring is 1. The lowest BCUT2D eigenvalue weighted by molar-refractivity contribution is 0.103. The number of rotatable bonds is 2. The largest absolute Gasteiger partial charge is 0.399 e. The molecule has 4 heteroatoms. The van der Waals surface area contributed by atoms with Crippen LogP contribution in [0, 0.1) is 0 Å². The third kappa shape index (κ3) is 2.11. The summed E-state index contributed by atoms with van der Waals surface area (Å²) in [5, 5.41) is 3.73. The van der Waals surface area contributed by atoms with E-state index in [1.165, 1.54) is 11.3 Å². The molecule has 76 valence electrons. The summed E-state index contributed by atoms with van der Waals surface area (Å²) in [6, 6.07) is 7.01. The Morgan fingerprint density at radius 3 is 2.73 bits per heavy atom. The van der Waals surface area contributed by atoms with Crippen LogP contribution in [0.15, 0.2) is 39.5 Å². The molecule has 0 radical (unpaired) electrons. The van der Waals surface area contributed by atoms with Crippen LogP contribution in [0.25, 0.3) is 0 Å². The quantitative estimate of drug-likeness (QED) is 0.678. The van der Waals surface area contributed by atoms with Crippen molar-refractivity contribution >= 4 is 38.7 Å². The molecule has 15 heavy (non-hydrogen) atoms. The van der Waals surface area contributed by atoms with Crippen molar-refractivity contribution in [3.05, 3.63) is 50.6 Å². The van der Waals surface area contributed by atoms with Gasteiger partial charge in [0.05, 0.1) is 0 Å². The van der Waals surface area contributed by atoms with E-state index in [0.717, 1.165) is 4.47 Å². The Kier molecular flexibility index (Phi) is 2.88. The van der Waals surface area contributed by atoms with E-state index in [9.17, 15) is 4.79 Å². The minimum absolute atomic E-state index is 0.0168. The Balaban J connectivity index is 2.42. The van der Waals surface area contributed by atoms with Crippen molar-refractivity contribution in [1.29, 1.82) is 0 Å². The van der Waals surface area contributed by atoms with Crippen molar-refractivity contribution in [3.8, 4) is 0 Å². The van der Waals surface area contributed by atoms with Gasteiger partial charge in [0.25, 0.3) is 0 Å². The molecule has 1 aromatic carbocycles. The maximum absolute atomic E-state index is 12.0. The van der Waals surface area contributed by atoms with Gasteiger partial charge < -0.3 is 5.73 Å². The number of anilines is 1. The van der Waals surface area contributed by atoms with E-state index in [1.807, 2.05) is 16.8 Å². The van der Waals surface area contributed by atoms with Crippen LogP contribution in [0.1, 0.15) is 15.9 Å². The molecule has 1 aromatic heterocycles. The van der Waals surface area contributed by atoms with E-state index in [0.29, 0.717) is 16.8 Å². The van der Waals surface area contributed by atoms with Crippen molar-refractivity contribution in [2.45, 2.75) is 0 Å². The van der Waals surface area contributed by atoms with Crippen LogP contribution in [-0.2, 0) is 0 Å². The number of nitrogens with two attached hydrogens (primary N) is 1. The fourth-order valence-electron chi connectivity index (χ4n) is 1.26. The molecule has 0 aliphatic heterocycles. The Morgan fingerprint density at radius 1 is 1.33 bits per heavy atom. The number of carbonyl (C=O) groups is 1. The molecule has 0 saturated carbocycles. The summed E-state index contributed by atoms with van der Waals surface area (Å²) in [6.07, 6.45) is 0. The van der Waals surface area contributed by atoms with E-state index in [4.69, 9.17) is 5.73 Å². The summed E-state index contributed by atoms with van der Waals surface area (Å²) in [4.78, 5) is 12.0. The van der Waals surface area contributed by atoms with Crippen LogP contribution in [0.4, 0.5) is 5.69 Å². The molecule has 1 heterocycles. The topological polar surface area (TPSA) is 43.1 Å². The van der Waals surface area contributed by atoms with Gasteiger partial charge in [-0.2, -0.15) is 11.3 Å². The molecule has 2 N–H and O–H groups in total. The van der Waals surface area contributed by atoms with Gasteiger partial charge in [-0.3, -0.25) is 4.79 Å². The summed E-state index contributed by atoms with van der Waals surface area (Å²) in [6.45, 7) is 0. The molecule has 0 atom stereocenters. The number of benzene rings is 1. The van der Waals surface area contributed by atoms with Crippen molar-refractivity contribution < 1.29 is 4.79 Å². The highest BCUT2D eigenvalue weighted by atomic mass is 79.9. The van der Waals surface area contributed by atoms with Crippen LogP contribution in [0.5, 0.6) is 0 Å². The summed E-state index contributed by atoms with van der Waals surface area (Å²) in [5.74, 6) is 0.0168. The highest BCUT2D eigenvalue weighted by Gasteiger charge is 2.12. The first kappa shape index (κ1) is 10.4. The van der Waals surface area contributed by atoms with Crippen LogP contribution >= 0.6 is 27.3 Å². The SMILES string of the molecule is Nc1ccc(C(=O)c2ccsc2)c(Br)c1. The van der Waals surface area contributed by atoms with Crippen LogP contribution in [-0.4, -0.2) is 5.78 Å². The second kappa shape index (κ2) is 4.16. The van der Waals surface area contributed by atoms with Crippen molar-refractivity contribution in [2.24, 2.45) is 0 Å². The van der Waals surface area contributed by atoms with E-state index in [-0.39, 0.29) is 5.78 Å². The zero-order chi connectivity index (χ0) is 10.8. The van der Waals surface area contributed by atoms with Gasteiger partial charge in [0.2, 0.25) is 0 Å². The molecule has 0 unspecified atom stereocenters. The second-order valence-corrected chi connectivity index (χ2v) is 4.71. The molecule has 0 spiro atoms. The number of ketones is 1. The standard InChI is InChI=1S/C11H8BrNOS/c12-10-5-8(13)1-2-9(10)11(14)7-3-4-15-6-7/h1-6H,13H2. The monoisotopic (exact) mass is 281 g/mol. The Hall–Kier alpha value is -1.13. The average molecular weight is 282 g/mol. The predicted molar refractivity (Wildman–Crippen MR) is 66.3 cm³/mol. The van der Waals surface area contributed by atoms with E-state index in [1.54, 1.807) is 18.2 Å². The van der Waals surface area contributed by atoms with Gasteiger partial charge in [-0.25, -0.2) is 0 Å². The molecule has 0 bridgehead atoms. The van der Waals surface area contributed by atoms with Gasteiger partial charge in [0.1, 0.15) is 0 Å². The van der Waals surface area contributed by atoms with Crippen LogP contribution in [0.3, 0.4) is 0 Å². The van der Waals surface area contributed by atoms with Gasteiger partial charge in [0.15, 0.2) is 5.78 Å². The smallest absolute Gasteiger partial charge is 0.194 e. The Bertz CT molecular complexity index is 493. The van der Waals surface area contributed by atoms with Crippen molar-refractivity contribution in [2.75, 3.05) is 5.73 Å². The third-order valence-corrected chi connectivity index (χ3v) is 3.36. The first-order valence-corrected chi connectivity index (χ1v) is 6.04. The maximum Gasteiger partial charge on any atom is 0.194 e. The van der Waals surface area contributed by atoms with E-state index >= 15 is 0 Å². The van der Waals surface area contributed by atoms with Gasteiger partial charge in [-0.05, 0) is 45.6 Å². The van der Waals surface area contributed by atoms with Gasteiger partial charge >= 0.3 is 0 Å². The molecule has 2 rings (SSSR count). The molecule has 0 fully saturated rings. The Labute approximate surface area is 99.9 Å². The fraction of sp³-hybridized carbons (Fsp3) is 0. The molecule has 0 amide bonds. The molecular formula is C11H8BrNOS. The lowest BCUT2D eigenvalue weighted by atomic mass is 10.1. The van der Waals surface area contributed by atoms with E-state index < -0.39 is 0 Å². The molecule has 2 nitrogen and oxygen atoms in total. The summed E-state index contributed by atoms with van der Waals surface area (Å²) in [5.41, 5.74) is 7.60. The van der Waals surface area contributed by atoms with Crippen molar-refractivity contribution in [1.82, 2.24) is 0 Å². The summed E-state index contributed by atoms with van der Waals surface area (Å²) >= 11 is 4.85. The molecule has 0 aliphatic rings. The minimum Gasteiger partial charge on any atom is -0.399 e. The normalized spacial score (nSPS) is 10.2. The molecule has 2 aromatic rings. The van der Waals surface area contributed by atoms with Crippen LogP contribution in [0.2, 0.25) is 0 Å². The number of hydrogen-bond donors (Lipinski definition) is 1. The highest BCUT2D eigenvalue weighted by Crippen LogP contribution is 2.23. The van der Waals surface area contributed by atoms with Gasteiger partial charge in [0, 0.05) is 26.7 Å².